The highest BCUT2D eigenvalue weighted by molar-refractivity contribution is 8.26. The summed E-state index contributed by atoms with van der Waals surface area (Å²) in [4.78, 5) is 29.9. The summed E-state index contributed by atoms with van der Waals surface area (Å²) in [6.07, 6.45) is 3.09. The lowest BCUT2D eigenvalue weighted by atomic mass is 9.83. The van der Waals surface area contributed by atoms with Crippen molar-refractivity contribution < 1.29 is 4.79 Å². The van der Waals surface area contributed by atoms with E-state index in [0.717, 1.165) is 37.3 Å². The molecule has 2 fully saturated rings. The molecule has 1 aromatic carbocycles. The minimum absolute atomic E-state index is 0.0158. The summed E-state index contributed by atoms with van der Waals surface area (Å²) in [7, 11) is 0. The number of pyridine rings is 1. The number of rotatable bonds is 3. The second-order valence-corrected chi connectivity index (χ2v) is 10.1. The number of aromatic nitrogens is 1. The van der Waals surface area contributed by atoms with Gasteiger partial charge in [0.1, 0.15) is 4.32 Å². The molecule has 1 amide bonds. The molecule has 0 spiro atoms. The van der Waals surface area contributed by atoms with E-state index in [2.05, 4.69) is 30.0 Å². The van der Waals surface area contributed by atoms with Gasteiger partial charge >= 0.3 is 0 Å². The van der Waals surface area contributed by atoms with Crippen LogP contribution in [0.15, 0.2) is 58.4 Å². The van der Waals surface area contributed by atoms with Crippen molar-refractivity contribution in [3.63, 3.8) is 0 Å². The third-order valence-corrected chi connectivity index (χ3v) is 7.51. The van der Waals surface area contributed by atoms with E-state index < -0.39 is 0 Å². The third kappa shape index (κ3) is 3.61. The number of thioether (sulfide) groups is 1. The smallest absolute Gasteiger partial charge is 0.267 e. The van der Waals surface area contributed by atoms with Crippen molar-refractivity contribution in [2.45, 2.75) is 32.4 Å². The highest BCUT2D eigenvalue weighted by Crippen LogP contribution is 2.37. The number of nitrogens with zero attached hydrogens (tertiary/aromatic N) is 3. The first kappa shape index (κ1) is 19.6. The van der Waals surface area contributed by atoms with E-state index in [4.69, 9.17) is 12.2 Å². The molecule has 154 valence electrons. The van der Waals surface area contributed by atoms with Gasteiger partial charge in [-0.2, -0.15) is 0 Å². The van der Waals surface area contributed by atoms with E-state index in [1.807, 2.05) is 29.0 Å². The number of hydrogen-bond acceptors (Lipinski definition) is 5. The van der Waals surface area contributed by atoms with E-state index in [-0.39, 0.29) is 11.5 Å². The van der Waals surface area contributed by atoms with Gasteiger partial charge in [0.15, 0.2) is 0 Å². The Bertz CT molecular complexity index is 1110. The van der Waals surface area contributed by atoms with E-state index in [1.54, 1.807) is 11.0 Å². The Balaban J connectivity index is 1.33. The number of carbonyl (C=O) groups is 1. The van der Waals surface area contributed by atoms with Gasteiger partial charge in [0.2, 0.25) is 0 Å². The topological polar surface area (TPSA) is 45.6 Å². The van der Waals surface area contributed by atoms with Crippen LogP contribution in [0.4, 0.5) is 0 Å². The van der Waals surface area contributed by atoms with Gasteiger partial charge in [0.05, 0.1) is 11.4 Å². The molecule has 0 saturated carbocycles. The molecule has 2 atom stereocenters. The molecule has 30 heavy (non-hydrogen) atoms. The van der Waals surface area contributed by atoms with E-state index in [1.165, 1.54) is 17.3 Å². The molecule has 1 aromatic heterocycles. The van der Waals surface area contributed by atoms with Crippen molar-refractivity contribution >= 4 is 34.2 Å². The molecule has 0 radical (unpaired) electrons. The van der Waals surface area contributed by atoms with Gasteiger partial charge in [-0.05, 0) is 30.9 Å². The summed E-state index contributed by atoms with van der Waals surface area (Å²) in [6.45, 7) is 4.99. The Kier molecular flexibility index (Phi) is 5.03. The number of carbonyl (C=O) groups excluding carboxylic acids is 1. The van der Waals surface area contributed by atoms with Crippen molar-refractivity contribution in [3.8, 4) is 0 Å². The maximum absolute atomic E-state index is 13.0. The normalized spacial score (nSPS) is 24.5. The summed E-state index contributed by atoms with van der Waals surface area (Å²) >= 11 is 6.89. The molecule has 0 aliphatic carbocycles. The van der Waals surface area contributed by atoms with Crippen LogP contribution in [0.1, 0.15) is 29.2 Å². The zero-order chi connectivity index (χ0) is 20.8. The standard InChI is InChI=1S/C23H23N3O2S2/c1-15-5-7-16(8-6-15)11-26-22(28)20(30-23(26)29)14-24-10-17-9-18(13-24)19-3-2-4-21(27)25(19)12-17/h2-8,14,17-18H,9-13H2,1H3/b20-14-/t17-,18-/m0/s1. The first-order chi connectivity index (χ1) is 14.5. The Morgan fingerprint density at radius 1 is 1.10 bits per heavy atom. The van der Waals surface area contributed by atoms with Crippen molar-refractivity contribution in [2.24, 2.45) is 5.92 Å². The third-order valence-electron chi connectivity index (χ3n) is 6.14. The predicted octanol–water partition coefficient (Wildman–Crippen LogP) is 3.48. The lowest BCUT2D eigenvalue weighted by Gasteiger charge is -2.42. The second kappa shape index (κ2) is 7.71. The number of aryl methyl sites for hydroxylation is 1. The van der Waals surface area contributed by atoms with Crippen molar-refractivity contribution in [1.29, 1.82) is 0 Å². The van der Waals surface area contributed by atoms with Crippen LogP contribution in [0, 0.1) is 12.8 Å². The van der Waals surface area contributed by atoms with Gasteiger partial charge in [-0.15, -0.1) is 0 Å². The number of piperidine rings is 1. The molecule has 0 N–H and O–H groups in total. The van der Waals surface area contributed by atoms with Crippen LogP contribution in [0.5, 0.6) is 0 Å². The monoisotopic (exact) mass is 437 g/mol. The number of likely N-dealkylation sites (tertiary alicyclic amines) is 1. The van der Waals surface area contributed by atoms with Gasteiger partial charge < -0.3 is 9.47 Å². The predicted molar refractivity (Wildman–Crippen MR) is 123 cm³/mol. The second-order valence-electron chi connectivity index (χ2n) is 8.39. The Morgan fingerprint density at radius 2 is 1.90 bits per heavy atom. The van der Waals surface area contributed by atoms with E-state index in [9.17, 15) is 9.59 Å². The molecule has 3 aliphatic rings. The summed E-state index contributed by atoms with van der Waals surface area (Å²) in [6, 6.07) is 13.8. The number of thiocarbonyl (C=S) groups is 1. The molecule has 2 aromatic rings. The van der Waals surface area contributed by atoms with Crippen LogP contribution in [0.25, 0.3) is 0 Å². The molecule has 4 heterocycles. The number of amides is 1. The molecule has 2 bridgehead atoms. The van der Waals surface area contributed by atoms with Crippen LogP contribution in [0.3, 0.4) is 0 Å². The first-order valence-corrected chi connectivity index (χ1v) is 11.5. The van der Waals surface area contributed by atoms with Crippen molar-refractivity contribution in [1.82, 2.24) is 14.4 Å². The summed E-state index contributed by atoms with van der Waals surface area (Å²) in [5, 5.41) is 0. The molecule has 0 unspecified atom stereocenters. The maximum Gasteiger partial charge on any atom is 0.267 e. The van der Waals surface area contributed by atoms with Gasteiger partial charge in [-0.25, -0.2) is 0 Å². The molecule has 2 saturated heterocycles. The van der Waals surface area contributed by atoms with Crippen molar-refractivity contribution in [3.05, 3.63) is 80.7 Å². The Hall–Kier alpha value is -2.38. The van der Waals surface area contributed by atoms with E-state index >= 15 is 0 Å². The van der Waals surface area contributed by atoms with Gasteiger partial charge in [-0.1, -0.05) is 59.9 Å². The lowest BCUT2D eigenvalue weighted by Crippen LogP contribution is -2.45. The minimum Gasteiger partial charge on any atom is -0.375 e. The average molecular weight is 438 g/mol. The Morgan fingerprint density at radius 3 is 2.70 bits per heavy atom. The highest BCUT2D eigenvalue weighted by atomic mass is 32.2. The van der Waals surface area contributed by atoms with Crippen LogP contribution < -0.4 is 5.56 Å². The fourth-order valence-electron chi connectivity index (χ4n) is 4.71. The van der Waals surface area contributed by atoms with Crippen LogP contribution >= 0.6 is 24.0 Å². The van der Waals surface area contributed by atoms with Gasteiger partial charge in [0.25, 0.3) is 11.5 Å². The fraction of sp³-hybridized carbons (Fsp3) is 0.348. The number of benzene rings is 1. The van der Waals surface area contributed by atoms with Crippen LogP contribution in [-0.4, -0.2) is 37.7 Å². The molecule has 5 nitrogen and oxygen atoms in total. The molecule has 3 aliphatic heterocycles. The maximum atomic E-state index is 13.0. The lowest BCUT2D eigenvalue weighted by molar-refractivity contribution is -0.122. The summed E-state index contributed by atoms with van der Waals surface area (Å²) in [5.41, 5.74) is 3.48. The quantitative estimate of drug-likeness (QED) is 0.544. The van der Waals surface area contributed by atoms with Gasteiger partial charge in [0, 0.05) is 43.5 Å². The van der Waals surface area contributed by atoms with Crippen molar-refractivity contribution in [2.75, 3.05) is 13.1 Å². The zero-order valence-electron chi connectivity index (χ0n) is 16.8. The summed E-state index contributed by atoms with van der Waals surface area (Å²) < 4.78 is 2.54. The number of fused-ring (bicyclic) bond motifs is 4. The van der Waals surface area contributed by atoms with Crippen LogP contribution in [-0.2, 0) is 17.9 Å². The molecular weight excluding hydrogens is 414 g/mol. The zero-order valence-corrected chi connectivity index (χ0v) is 18.4. The largest absolute Gasteiger partial charge is 0.375 e. The molecule has 5 rings (SSSR count). The Labute approximate surface area is 185 Å². The molecular formula is C23H23N3O2S2. The summed E-state index contributed by atoms with van der Waals surface area (Å²) in [5.74, 6) is 0.726. The first-order valence-electron chi connectivity index (χ1n) is 10.2. The van der Waals surface area contributed by atoms with E-state index in [0.29, 0.717) is 27.6 Å². The van der Waals surface area contributed by atoms with Gasteiger partial charge in [-0.3, -0.25) is 14.5 Å². The average Bonchev–Trinajstić information content (AvgIpc) is 2.98. The minimum atomic E-state index is -0.0158. The SMILES string of the molecule is Cc1ccc(CN2C(=O)/C(=C/N3C[C@@H]4C[C@@H](C3)c3cccc(=O)n3C4)SC2=S)cc1. The fourth-order valence-corrected chi connectivity index (χ4v) is 5.97. The number of hydrogen-bond donors (Lipinski definition) is 0. The molecule has 7 heteroatoms. The highest BCUT2D eigenvalue weighted by Gasteiger charge is 2.36. The van der Waals surface area contributed by atoms with Crippen LogP contribution in [0.2, 0.25) is 0 Å².